The predicted molar refractivity (Wildman–Crippen MR) is 90.3 cm³/mol. The highest BCUT2D eigenvalue weighted by atomic mass is 15.4. The summed E-state index contributed by atoms with van der Waals surface area (Å²) in [6.45, 7) is 3.88. The minimum absolute atomic E-state index is 0.673. The quantitative estimate of drug-likeness (QED) is 0.772. The second kappa shape index (κ2) is 6.32. The fraction of sp³-hybridized carbons (Fsp3) is 0.312. The second-order valence-electron chi connectivity index (χ2n) is 5.85. The Morgan fingerprint density at radius 3 is 2.38 bits per heavy atom. The number of nitrogens with one attached hydrogen (secondary N) is 1. The number of hydrogen-bond donors (Lipinski definition) is 1. The normalized spacial score (nSPS) is 15.6. The molecule has 3 aromatic rings. The first-order chi connectivity index (χ1) is 11.8. The van der Waals surface area contributed by atoms with E-state index in [1.807, 2.05) is 18.3 Å². The topological polar surface area (TPSA) is 86.7 Å². The van der Waals surface area contributed by atoms with Crippen molar-refractivity contribution in [2.75, 3.05) is 38.1 Å². The zero-order chi connectivity index (χ0) is 16.4. The van der Waals surface area contributed by atoms with Gasteiger partial charge >= 0.3 is 0 Å². The summed E-state index contributed by atoms with van der Waals surface area (Å²) in [5.74, 6) is 0.682. The largest absolute Gasteiger partial charge is 0.337 e. The highest BCUT2D eigenvalue weighted by molar-refractivity contribution is 5.63. The molecular formula is C16H18N8. The van der Waals surface area contributed by atoms with Crippen LogP contribution in [0.25, 0.3) is 22.5 Å². The molecule has 0 bridgehead atoms. The van der Waals surface area contributed by atoms with E-state index in [1.165, 1.54) is 0 Å². The third-order valence-corrected chi connectivity index (χ3v) is 4.19. The van der Waals surface area contributed by atoms with Gasteiger partial charge in [-0.3, -0.25) is 10.1 Å². The van der Waals surface area contributed by atoms with Gasteiger partial charge in [-0.05, 0) is 13.1 Å². The van der Waals surface area contributed by atoms with E-state index in [9.17, 15) is 0 Å². The van der Waals surface area contributed by atoms with Crippen molar-refractivity contribution in [3.05, 3.63) is 36.9 Å². The maximum absolute atomic E-state index is 4.45. The van der Waals surface area contributed by atoms with Crippen LogP contribution in [-0.2, 0) is 0 Å². The Bertz CT molecular complexity index is 774. The van der Waals surface area contributed by atoms with Gasteiger partial charge in [0.2, 0.25) is 5.95 Å². The average molecular weight is 322 g/mol. The number of aromatic nitrogens is 6. The summed E-state index contributed by atoms with van der Waals surface area (Å²) in [5.41, 5.74) is 3.44. The Kier molecular flexibility index (Phi) is 3.87. The Morgan fingerprint density at radius 2 is 1.75 bits per heavy atom. The molecule has 3 aromatic heterocycles. The highest BCUT2D eigenvalue weighted by Gasteiger charge is 2.17. The number of nitrogens with zero attached hydrogens (tertiary/aromatic N) is 7. The summed E-state index contributed by atoms with van der Waals surface area (Å²) < 4.78 is 0. The molecule has 8 heteroatoms. The van der Waals surface area contributed by atoms with E-state index in [2.05, 4.69) is 47.2 Å². The van der Waals surface area contributed by atoms with Gasteiger partial charge < -0.3 is 9.80 Å². The molecule has 1 N–H and O–H groups in total. The van der Waals surface area contributed by atoms with Gasteiger partial charge in [-0.1, -0.05) is 6.07 Å². The molecule has 1 saturated heterocycles. The van der Waals surface area contributed by atoms with E-state index in [0.717, 1.165) is 43.0 Å². The lowest BCUT2D eigenvalue weighted by molar-refractivity contribution is 0.311. The smallest absolute Gasteiger partial charge is 0.245 e. The van der Waals surface area contributed by atoms with Crippen LogP contribution in [-0.4, -0.2) is 68.5 Å². The number of pyridine rings is 1. The number of likely N-dealkylation sites (N-methyl/N-ethyl adjacent to an activating group) is 1. The summed E-state index contributed by atoms with van der Waals surface area (Å²) in [6, 6.07) is 3.91. The molecule has 0 atom stereocenters. The molecule has 0 aromatic carbocycles. The molecule has 1 aliphatic rings. The van der Waals surface area contributed by atoms with Crippen molar-refractivity contribution in [1.82, 2.24) is 35.3 Å². The van der Waals surface area contributed by atoms with E-state index in [1.54, 1.807) is 18.6 Å². The van der Waals surface area contributed by atoms with Gasteiger partial charge in [-0.15, -0.1) is 10.2 Å². The summed E-state index contributed by atoms with van der Waals surface area (Å²) in [7, 11) is 2.12. The van der Waals surface area contributed by atoms with Crippen LogP contribution >= 0.6 is 0 Å². The minimum Gasteiger partial charge on any atom is -0.337 e. The van der Waals surface area contributed by atoms with Crippen LogP contribution in [0.3, 0.4) is 0 Å². The standard InChI is InChI=1S/C16H18N8/c1-23-4-6-24(7-5-23)16-18-11-15(21-22-16)14-3-2-12(8-17-14)13-9-19-20-10-13/h2-3,8-11H,4-7H2,1H3,(H,19,20). The minimum atomic E-state index is 0.673. The van der Waals surface area contributed by atoms with Crippen LogP contribution in [0.1, 0.15) is 0 Å². The molecule has 24 heavy (non-hydrogen) atoms. The van der Waals surface area contributed by atoms with Gasteiger partial charge in [0.25, 0.3) is 0 Å². The van der Waals surface area contributed by atoms with Gasteiger partial charge in [0, 0.05) is 49.7 Å². The lowest BCUT2D eigenvalue weighted by atomic mass is 10.1. The fourth-order valence-electron chi connectivity index (χ4n) is 2.66. The Hall–Kier alpha value is -2.87. The summed E-state index contributed by atoms with van der Waals surface area (Å²) in [4.78, 5) is 13.4. The molecule has 0 saturated carbocycles. The van der Waals surface area contributed by atoms with E-state index in [-0.39, 0.29) is 0 Å². The van der Waals surface area contributed by atoms with E-state index < -0.39 is 0 Å². The predicted octanol–water partition coefficient (Wildman–Crippen LogP) is 1.08. The molecule has 0 unspecified atom stereocenters. The SMILES string of the molecule is CN1CCN(c2ncc(-c3ccc(-c4cn[nH]c4)cn3)nn2)CC1. The first kappa shape index (κ1) is 14.7. The summed E-state index contributed by atoms with van der Waals surface area (Å²) >= 11 is 0. The first-order valence-electron chi connectivity index (χ1n) is 7.88. The average Bonchev–Trinajstić information content (AvgIpc) is 3.17. The third-order valence-electron chi connectivity index (χ3n) is 4.19. The molecule has 122 valence electrons. The Balaban J connectivity index is 1.50. The van der Waals surface area contributed by atoms with Crippen LogP contribution in [0.15, 0.2) is 36.9 Å². The van der Waals surface area contributed by atoms with Crippen molar-refractivity contribution < 1.29 is 0 Å². The molecule has 4 rings (SSSR count). The molecule has 0 spiro atoms. The summed E-state index contributed by atoms with van der Waals surface area (Å²) in [5, 5.41) is 15.3. The molecule has 4 heterocycles. The van der Waals surface area contributed by atoms with Gasteiger partial charge in [-0.25, -0.2) is 4.98 Å². The summed E-state index contributed by atoms with van der Waals surface area (Å²) in [6.07, 6.45) is 7.14. The highest BCUT2D eigenvalue weighted by Crippen LogP contribution is 2.20. The molecule has 1 aliphatic heterocycles. The van der Waals surface area contributed by atoms with Crippen LogP contribution < -0.4 is 4.90 Å². The molecule has 0 amide bonds. The zero-order valence-electron chi connectivity index (χ0n) is 13.4. The maximum atomic E-state index is 4.45. The second-order valence-corrected chi connectivity index (χ2v) is 5.85. The number of H-pyrrole nitrogens is 1. The van der Waals surface area contributed by atoms with E-state index >= 15 is 0 Å². The van der Waals surface area contributed by atoms with Crippen LogP contribution in [0, 0.1) is 0 Å². The van der Waals surface area contributed by atoms with Crippen LogP contribution in [0.2, 0.25) is 0 Å². The van der Waals surface area contributed by atoms with Gasteiger partial charge in [0.1, 0.15) is 5.69 Å². The van der Waals surface area contributed by atoms with E-state index in [4.69, 9.17) is 0 Å². The van der Waals surface area contributed by atoms with Crippen molar-refractivity contribution >= 4 is 5.95 Å². The van der Waals surface area contributed by atoms with Gasteiger partial charge in [-0.2, -0.15) is 5.10 Å². The van der Waals surface area contributed by atoms with E-state index in [0.29, 0.717) is 11.6 Å². The maximum Gasteiger partial charge on any atom is 0.245 e. The Morgan fingerprint density at radius 1 is 0.875 bits per heavy atom. The third kappa shape index (κ3) is 2.95. The van der Waals surface area contributed by atoms with Crippen LogP contribution in [0.4, 0.5) is 5.95 Å². The molecule has 1 fully saturated rings. The Labute approximate surface area is 139 Å². The zero-order valence-corrected chi connectivity index (χ0v) is 13.4. The number of aromatic amines is 1. The number of hydrogen-bond acceptors (Lipinski definition) is 7. The number of anilines is 1. The lowest BCUT2D eigenvalue weighted by Gasteiger charge is -2.31. The molecular weight excluding hydrogens is 304 g/mol. The van der Waals surface area contributed by atoms with Crippen molar-refractivity contribution in [3.8, 4) is 22.5 Å². The lowest BCUT2D eigenvalue weighted by Crippen LogP contribution is -2.45. The van der Waals surface area contributed by atoms with Crippen molar-refractivity contribution in [2.24, 2.45) is 0 Å². The number of piperazine rings is 1. The molecule has 0 radical (unpaired) electrons. The monoisotopic (exact) mass is 322 g/mol. The number of rotatable bonds is 3. The van der Waals surface area contributed by atoms with Crippen molar-refractivity contribution in [3.63, 3.8) is 0 Å². The van der Waals surface area contributed by atoms with Crippen molar-refractivity contribution in [1.29, 1.82) is 0 Å². The van der Waals surface area contributed by atoms with Crippen LogP contribution in [0.5, 0.6) is 0 Å². The van der Waals surface area contributed by atoms with Gasteiger partial charge in [0.15, 0.2) is 0 Å². The fourth-order valence-corrected chi connectivity index (χ4v) is 2.66. The first-order valence-corrected chi connectivity index (χ1v) is 7.88. The molecule has 0 aliphatic carbocycles. The molecule has 8 nitrogen and oxygen atoms in total. The van der Waals surface area contributed by atoms with Crippen molar-refractivity contribution in [2.45, 2.75) is 0 Å². The van der Waals surface area contributed by atoms with Gasteiger partial charge in [0.05, 0.1) is 18.1 Å².